The zero-order valence-electron chi connectivity index (χ0n) is 24.0. The Morgan fingerprint density at radius 1 is 1.02 bits per heavy atom. The molecule has 1 aliphatic heterocycles. The summed E-state index contributed by atoms with van der Waals surface area (Å²) >= 11 is 0. The Kier molecular flexibility index (Phi) is 10.2. The van der Waals surface area contributed by atoms with Crippen molar-refractivity contribution in [3.05, 3.63) is 95.8 Å². The number of carbonyl (C=O) groups excluding carboxylic acids is 1. The maximum Gasteiger partial charge on any atom is 0.416 e. The number of nitrogens with zero attached hydrogens (tertiary/aromatic N) is 4. The van der Waals surface area contributed by atoms with Crippen LogP contribution in [0.2, 0.25) is 0 Å². The molecule has 1 amide bonds. The molecule has 1 aromatic heterocycles. The van der Waals surface area contributed by atoms with Crippen molar-refractivity contribution in [3.8, 4) is 0 Å². The highest BCUT2D eigenvalue weighted by Crippen LogP contribution is 2.29. The van der Waals surface area contributed by atoms with Crippen molar-refractivity contribution in [2.45, 2.75) is 51.9 Å². The van der Waals surface area contributed by atoms with Crippen LogP contribution in [0.3, 0.4) is 0 Å². The minimum atomic E-state index is -4.39. The molecule has 3 aromatic rings. The molecule has 1 fully saturated rings. The Labute approximate surface area is 241 Å². The standard InChI is InChI=1S/C33H39F3N4O/c1-25(2)18-22-39-21-4-5-31(24-39)40(32(41)15-10-26-6-11-28(12-7-26)33(34,35)36)23-27-8-13-29(14-9-27)38(3)30-16-19-37-20-17-30/h6-17,19-20,25,31H,4-5,18,21-24H2,1-3H3/t31-/m0/s1. The van der Waals surface area contributed by atoms with E-state index in [2.05, 4.69) is 28.6 Å². The number of benzene rings is 2. The summed E-state index contributed by atoms with van der Waals surface area (Å²) in [4.78, 5) is 24.1. The highest BCUT2D eigenvalue weighted by atomic mass is 19.4. The minimum absolute atomic E-state index is 0.0554. The number of aromatic nitrogens is 1. The first-order valence-electron chi connectivity index (χ1n) is 14.2. The molecular formula is C33H39F3N4O. The zero-order chi connectivity index (χ0) is 29.4. The van der Waals surface area contributed by atoms with Gasteiger partial charge >= 0.3 is 6.18 Å². The lowest BCUT2D eigenvalue weighted by Gasteiger charge is -2.39. The van der Waals surface area contributed by atoms with Gasteiger partial charge in [0.05, 0.1) is 5.56 Å². The molecule has 1 atom stereocenters. The van der Waals surface area contributed by atoms with Gasteiger partial charge < -0.3 is 14.7 Å². The van der Waals surface area contributed by atoms with Crippen molar-refractivity contribution in [1.29, 1.82) is 0 Å². The fraction of sp³-hybridized carbons (Fsp3) is 0.394. The van der Waals surface area contributed by atoms with E-state index in [1.807, 2.05) is 48.3 Å². The number of alkyl halides is 3. The number of hydrogen-bond donors (Lipinski definition) is 0. The maximum atomic E-state index is 13.6. The molecule has 2 heterocycles. The normalized spacial score (nSPS) is 16.3. The third-order valence-corrected chi connectivity index (χ3v) is 7.61. The predicted molar refractivity (Wildman–Crippen MR) is 159 cm³/mol. The molecule has 5 nitrogen and oxygen atoms in total. The zero-order valence-corrected chi connectivity index (χ0v) is 24.0. The van der Waals surface area contributed by atoms with Gasteiger partial charge in [0.25, 0.3) is 0 Å². The Bertz CT molecular complexity index is 1270. The Morgan fingerprint density at radius 3 is 2.32 bits per heavy atom. The summed E-state index contributed by atoms with van der Waals surface area (Å²) in [7, 11) is 2.00. The van der Waals surface area contributed by atoms with Crippen LogP contribution >= 0.6 is 0 Å². The van der Waals surface area contributed by atoms with E-state index in [-0.39, 0.29) is 11.9 Å². The molecule has 0 radical (unpaired) electrons. The van der Waals surface area contributed by atoms with E-state index in [0.29, 0.717) is 18.0 Å². The highest BCUT2D eigenvalue weighted by Gasteiger charge is 2.30. The third-order valence-electron chi connectivity index (χ3n) is 7.61. The molecule has 2 aromatic carbocycles. The SMILES string of the molecule is CC(C)CCN1CCC[C@H](N(Cc2ccc(N(C)c3ccncc3)cc2)C(=O)C=Cc2ccc(C(F)(F)F)cc2)C1. The van der Waals surface area contributed by atoms with Crippen molar-refractivity contribution in [3.63, 3.8) is 0 Å². The Morgan fingerprint density at radius 2 is 1.68 bits per heavy atom. The van der Waals surface area contributed by atoms with E-state index in [0.717, 1.165) is 68.0 Å². The average Bonchev–Trinajstić information content (AvgIpc) is 2.98. The first-order chi connectivity index (χ1) is 19.6. The van der Waals surface area contributed by atoms with Crippen LogP contribution in [0.4, 0.5) is 24.5 Å². The van der Waals surface area contributed by atoms with E-state index >= 15 is 0 Å². The summed E-state index contributed by atoms with van der Waals surface area (Å²) in [5.74, 6) is 0.474. The van der Waals surface area contributed by atoms with E-state index in [1.165, 1.54) is 18.2 Å². The summed E-state index contributed by atoms with van der Waals surface area (Å²) < 4.78 is 38.9. The molecule has 1 aliphatic rings. The van der Waals surface area contributed by atoms with Gasteiger partial charge in [-0.05, 0) is 91.9 Å². The van der Waals surface area contributed by atoms with E-state index < -0.39 is 11.7 Å². The van der Waals surface area contributed by atoms with Gasteiger partial charge in [-0.25, -0.2) is 0 Å². The molecule has 0 saturated carbocycles. The lowest BCUT2D eigenvalue weighted by atomic mass is 10.0. The molecule has 0 bridgehead atoms. The van der Waals surface area contributed by atoms with Crippen LogP contribution in [0.5, 0.6) is 0 Å². The van der Waals surface area contributed by atoms with Crippen LogP contribution in [0.1, 0.15) is 49.8 Å². The number of piperidine rings is 1. The number of rotatable bonds is 10. The van der Waals surface area contributed by atoms with Crippen LogP contribution in [0.15, 0.2) is 79.1 Å². The molecule has 41 heavy (non-hydrogen) atoms. The summed E-state index contributed by atoms with van der Waals surface area (Å²) in [5.41, 5.74) is 2.92. The minimum Gasteiger partial charge on any atom is -0.345 e. The van der Waals surface area contributed by atoms with Crippen LogP contribution in [0.25, 0.3) is 6.08 Å². The molecule has 0 aliphatic carbocycles. The van der Waals surface area contributed by atoms with Crippen molar-refractivity contribution in [1.82, 2.24) is 14.8 Å². The Balaban J connectivity index is 1.51. The van der Waals surface area contributed by atoms with Crippen molar-refractivity contribution in [2.75, 3.05) is 31.6 Å². The molecular weight excluding hydrogens is 525 g/mol. The van der Waals surface area contributed by atoms with Crippen molar-refractivity contribution in [2.24, 2.45) is 5.92 Å². The first-order valence-corrected chi connectivity index (χ1v) is 14.2. The summed E-state index contributed by atoms with van der Waals surface area (Å²) in [6.45, 7) is 7.75. The van der Waals surface area contributed by atoms with Crippen molar-refractivity contribution < 1.29 is 18.0 Å². The lowest BCUT2D eigenvalue weighted by molar-refractivity contribution is -0.137. The summed E-state index contributed by atoms with van der Waals surface area (Å²) in [6.07, 6.45) is 5.27. The number of amides is 1. The highest BCUT2D eigenvalue weighted by molar-refractivity contribution is 5.92. The smallest absolute Gasteiger partial charge is 0.345 e. The lowest BCUT2D eigenvalue weighted by Crippen LogP contribution is -2.49. The van der Waals surface area contributed by atoms with Gasteiger partial charge in [-0.15, -0.1) is 0 Å². The number of carbonyl (C=O) groups is 1. The predicted octanol–water partition coefficient (Wildman–Crippen LogP) is 7.42. The number of anilines is 2. The van der Waals surface area contributed by atoms with E-state index in [4.69, 9.17) is 0 Å². The van der Waals surface area contributed by atoms with Gasteiger partial charge in [0, 0.05) is 56.0 Å². The van der Waals surface area contributed by atoms with Crippen LogP contribution in [-0.2, 0) is 17.5 Å². The van der Waals surface area contributed by atoms with Gasteiger partial charge in [-0.3, -0.25) is 9.78 Å². The quantitative estimate of drug-likeness (QED) is 0.240. The van der Waals surface area contributed by atoms with E-state index in [1.54, 1.807) is 18.5 Å². The average molecular weight is 565 g/mol. The van der Waals surface area contributed by atoms with E-state index in [9.17, 15) is 18.0 Å². The van der Waals surface area contributed by atoms with Gasteiger partial charge in [-0.1, -0.05) is 38.1 Å². The van der Waals surface area contributed by atoms with Gasteiger partial charge in [-0.2, -0.15) is 13.2 Å². The van der Waals surface area contributed by atoms with Crippen molar-refractivity contribution >= 4 is 23.4 Å². The molecule has 0 spiro atoms. The number of likely N-dealkylation sites (tertiary alicyclic amines) is 1. The second kappa shape index (κ2) is 13.8. The summed E-state index contributed by atoms with van der Waals surface area (Å²) in [6, 6.07) is 17.0. The monoisotopic (exact) mass is 564 g/mol. The molecule has 1 saturated heterocycles. The van der Waals surface area contributed by atoms with Crippen LogP contribution < -0.4 is 4.90 Å². The van der Waals surface area contributed by atoms with Gasteiger partial charge in [0.15, 0.2) is 0 Å². The fourth-order valence-electron chi connectivity index (χ4n) is 5.10. The third kappa shape index (κ3) is 8.67. The van der Waals surface area contributed by atoms with Gasteiger partial charge in [0.2, 0.25) is 5.91 Å². The topological polar surface area (TPSA) is 39.7 Å². The Hall–Kier alpha value is -3.65. The molecule has 0 N–H and O–H groups in total. The molecule has 0 unspecified atom stereocenters. The fourth-order valence-corrected chi connectivity index (χ4v) is 5.10. The number of hydrogen-bond acceptors (Lipinski definition) is 4. The molecule has 4 rings (SSSR count). The van der Waals surface area contributed by atoms with Crippen LogP contribution in [-0.4, -0.2) is 53.4 Å². The number of pyridine rings is 1. The van der Waals surface area contributed by atoms with Gasteiger partial charge in [0.1, 0.15) is 0 Å². The number of halogens is 3. The largest absolute Gasteiger partial charge is 0.416 e. The molecule has 8 heteroatoms. The van der Waals surface area contributed by atoms with Crippen LogP contribution in [0, 0.1) is 5.92 Å². The first kappa shape index (κ1) is 30.3. The summed E-state index contributed by atoms with van der Waals surface area (Å²) in [5, 5.41) is 0. The molecule has 218 valence electrons. The second-order valence-corrected chi connectivity index (χ2v) is 11.1. The second-order valence-electron chi connectivity index (χ2n) is 11.1. The maximum absolute atomic E-state index is 13.6.